The minimum absolute atomic E-state index is 0.178. The van der Waals surface area contributed by atoms with E-state index < -0.39 is 6.04 Å². The minimum Gasteiger partial charge on any atom is -0.493 e. The van der Waals surface area contributed by atoms with E-state index in [1.165, 1.54) is 0 Å². The molecule has 0 unspecified atom stereocenters. The lowest BCUT2D eigenvalue weighted by molar-refractivity contribution is 0.0912. The molecule has 2 N–H and O–H groups in total. The number of hydrogen-bond donors (Lipinski definition) is 2. The molecule has 7 nitrogen and oxygen atoms in total. The van der Waals surface area contributed by atoms with Crippen molar-refractivity contribution in [3.8, 4) is 22.8 Å². The highest BCUT2D eigenvalue weighted by Gasteiger charge is 2.20. The van der Waals surface area contributed by atoms with Crippen LogP contribution < -0.4 is 14.8 Å². The van der Waals surface area contributed by atoms with Gasteiger partial charge in [0.1, 0.15) is 5.75 Å². The molecule has 182 valence electrons. The molecule has 0 fully saturated rings. The molecule has 2 aromatic heterocycles. The number of para-hydroxylation sites is 1. The Balaban J connectivity index is 1.59. The van der Waals surface area contributed by atoms with Gasteiger partial charge in [-0.25, -0.2) is 4.98 Å². The van der Waals surface area contributed by atoms with Crippen molar-refractivity contribution in [1.29, 1.82) is 0 Å². The first kappa shape index (κ1) is 24.3. The number of aliphatic hydroxyl groups excluding tert-OH is 1. The third kappa shape index (κ3) is 5.46. The zero-order chi connectivity index (χ0) is 24.8. The van der Waals surface area contributed by atoms with E-state index in [2.05, 4.69) is 27.0 Å². The van der Waals surface area contributed by atoms with Crippen molar-refractivity contribution in [3.63, 3.8) is 0 Å². The van der Waals surface area contributed by atoms with Crippen molar-refractivity contribution < 1.29 is 19.4 Å². The number of pyridine rings is 1. The molecule has 7 heteroatoms. The molecular weight excluding hydrogens is 442 g/mol. The Labute approximate surface area is 205 Å². The molecule has 2 heterocycles. The van der Waals surface area contributed by atoms with E-state index in [0.29, 0.717) is 30.2 Å². The third-order valence-corrected chi connectivity index (χ3v) is 5.97. The van der Waals surface area contributed by atoms with Gasteiger partial charge in [-0.05, 0) is 48.2 Å². The van der Waals surface area contributed by atoms with Crippen LogP contribution in [0.3, 0.4) is 0 Å². The number of rotatable bonds is 10. The molecule has 0 aliphatic rings. The minimum atomic E-state index is -0.446. The topological polar surface area (TPSA) is 85.6 Å². The number of benzene rings is 2. The summed E-state index contributed by atoms with van der Waals surface area (Å²) in [6.07, 6.45) is 5.09. The van der Waals surface area contributed by atoms with Crippen molar-refractivity contribution in [2.75, 3.05) is 20.3 Å². The molecule has 0 spiro atoms. The number of ether oxygens (including phenoxy) is 2. The van der Waals surface area contributed by atoms with Crippen LogP contribution in [-0.4, -0.2) is 46.9 Å². The number of carbonyl (C=O) groups excluding carboxylic acids is 1. The highest BCUT2D eigenvalue weighted by atomic mass is 16.5. The second-order valence-electron chi connectivity index (χ2n) is 8.49. The molecular formula is C28H31N3O4. The summed E-state index contributed by atoms with van der Waals surface area (Å²) >= 11 is 0. The molecule has 0 aliphatic heterocycles. The van der Waals surface area contributed by atoms with Gasteiger partial charge in [0.05, 0.1) is 31.9 Å². The van der Waals surface area contributed by atoms with Gasteiger partial charge >= 0.3 is 0 Å². The summed E-state index contributed by atoms with van der Waals surface area (Å²) in [6, 6.07) is 16.9. The first-order valence-corrected chi connectivity index (χ1v) is 11.8. The third-order valence-electron chi connectivity index (χ3n) is 5.97. The summed E-state index contributed by atoms with van der Waals surface area (Å²) in [5, 5.41) is 14.2. The smallest absolute Gasteiger partial charge is 0.255 e. The first-order chi connectivity index (χ1) is 17.0. The van der Waals surface area contributed by atoms with Crippen LogP contribution in [-0.2, 0) is 13.5 Å². The Bertz CT molecular complexity index is 1300. The standard InChI is InChI=1S/C28H31N3O4/c1-4-13-35-26-11-9-19(20-10-12-27(34-3)29-16-20)15-24(26)28(33)30-22(18-32)14-21-17-31(2)25-8-6-5-7-23(21)25/h5-12,15-17,22,32H,4,13-14,18H2,1-3H3,(H,30,33)/t22-/m1/s1. The number of carbonyl (C=O) groups is 1. The molecule has 0 aliphatic carbocycles. The Kier molecular flexibility index (Phi) is 7.67. The number of fused-ring (bicyclic) bond motifs is 1. The molecule has 4 rings (SSSR count). The number of nitrogens with zero attached hydrogens (tertiary/aromatic N) is 2. The van der Waals surface area contributed by atoms with Gasteiger partial charge in [0.15, 0.2) is 0 Å². The highest BCUT2D eigenvalue weighted by Crippen LogP contribution is 2.28. The van der Waals surface area contributed by atoms with E-state index >= 15 is 0 Å². The van der Waals surface area contributed by atoms with Gasteiger partial charge in [0, 0.05) is 42.0 Å². The summed E-state index contributed by atoms with van der Waals surface area (Å²) in [7, 11) is 3.56. The Morgan fingerprint density at radius 2 is 1.94 bits per heavy atom. The van der Waals surface area contributed by atoms with Gasteiger partial charge in [0.2, 0.25) is 5.88 Å². The van der Waals surface area contributed by atoms with Crippen molar-refractivity contribution in [3.05, 3.63) is 78.1 Å². The maximum Gasteiger partial charge on any atom is 0.255 e. The molecule has 1 amide bonds. The number of aryl methyl sites for hydroxylation is 1. The molecule has 2 aromatic carbocycles. The number of nitrogens with one attached hydrogen (secondary N) is 1. The van der Waals surface area contributed by atoms with Gasteiger partial charge in [-0.2, -0.15) is 0 Å². The van der Waals surface area contributed by atoms with Gasteiger partial charge in [0.25, 0.3) is 5.91 Å². The lowest BCUT2D eigenvalue weighted by Crippen LogP contribution is -2.39. The van der Waals surface area contributed by atoms with Crippen LogP contribution in [0, 0.1) is 0 Å². The molecule has 0 radical (unpaired) electrons. The fourth-order valence-corrected chi connectivity index (χ4v) is 4.17. The van der Waals surface area contributed by atoms with E-state index in [1.807, 2.05) is 50.5 Å². The van der Waals surface area contributed by atoms with Crippen LogP contribution in [0.2, 0.25) is 0 Å². The van der Waals surface area contributed by atoms with E-state index in [0.717, 1.165) is 34.0 Å². The van der Waals surface area contributed by atoms with Gasteiger partial charge in [-0.3, -0.25) is 4.79 Å². The lowest BCUT2D eigenvalue weighted by Gasteiger charge is -2.18. The van der Waals surface area contributed by atoms with Crippen LogP contribution in [0.15, 0.2) is 67.0 Å². The Morgan fingerprint density at radius 3 is 2.66 bits per heavy atom. The van der Waals surface area contributed by atoms with E-state index in [9.17, 15) is 9.90 Å². The van der Waals surface area contributed by atoms with Gasteiger partial charge in [-0.15, -0.1) is 0 Å². The zero-order valence-electron chi connectivity index (χ0n) is 20.3. The normalized spacial score (nSPS) is 11.9. The van der Waals surface area contributed by atoms with Gasteiger partial charge in [-0.1, -0.05) is 31.2 Å². The monoisotopic (exact) mass is 473 g/mol. The van der Waals surface area contributed by atoms with Crippen LogP contribution in [0.5, 0.6) is 11.6 Å². The van der Waals surface area contributed by atoms with Gasteiger partial charge < -0.3 is 24.5 Å². The summed E-state index contributed by atoms with van der Waals surface area (Å²) in [5.74, 6) is 0.740. The number of aromatic nitrogens is 2. The Morgan fingerprint density at radius 1 is 1.14 bits per heavy atom. The maximum absolute atomic E-state index is 13.4. The second kappa shape index (κ2) is 11.1. The largest absolute Gasteiger partial charge is 0.493 e. The molecule has 0 bridgehead atoms. The molecule has 4 aromatic rings. The fraction of sp³-hybridized carbons (Fsp3) is 0.286. The summed E-state index contributed by atoms with van der Waals surface area (Å²) in [6.45, 7) is 2.34. The maximum atomic E-state index is 13.4. The average Bonchev–Trinajstić information content (AvgIpc) is 3.22. The number of hydrogen-bond acceptors (Lipinski definition) is 5. The van der Waals surface area contributed by atoms with Crippen LogP contribution >= 0.6 is 0 Å². The molecule has 0 saturated carbocycles. The quantitative estimate of drug-likeness (QED) is 0.357. The zero-order valence-corrected chi connectivity index (χ0v) is 20.3. The summed E-state index contributed by atoms with van der Waals surface area (Å²) in [4.78, 5) is 17.7. The second-order valence-corrected chi connectivity index (χ2v) is 8.49. The van der Waals surface area contributed by atoms with Crippen molar-refractivity contribution in [2.45, 2.75) is 25.8 Å². The van der Waals surface area contributed by atoms with Crippen LogP contribution in [0.1, 0.15) is 29.3 Å². The van der Waals surface area contributed by atoms with E-state index in [-0.39, 0.29) is 12.5 Å². The molecule has 35 heavy (non-hydrogen) atoms. The highest BCUT2D eigenvalue weighted by molar-refractivity contribution is 5.98. The van der Waals surface area contributed by atoms with Crippen molar-refractivity contribution in [1.82, 2.24) is 14.9 Å². The van der Waals surface area contributed by atoms with E-state index in [1.54, 1.807) is 25.4 Å². The van der Waals surface area contributed by atoms with E-state index in [4.69, 9.17) is 9.47 Å². The SMILES string of the molecule is CCCOc1ccc(-c2ccc(OC)nc2)cc1C(=O)N[C@@H](CO)Cc1cn(C)c2ccccc12. The predicted molar refractivity (Wildman–Crippen MR) is 137 cm³/mol. The van der Waals surface area contributed by atoms with Crippen molar-refractivity contribution >= 4 is 16.8 Å². The molecule has 0 saturated heterocycles. The Hall–Kier alpha value is -3.84. The summed E-state index contributed by atoms with van der Waals surface area (Å²) in [5.41, 5.74) is 4.30. The molecule has 1 atom stereocenters. The predicted octanol–water partition coefficient (Wildman–Crippen LogP) is 4.37. The number of amides is 1. The average molecular weight is 474 g/mol. The number of methoxy groups -OCH3 is 1. The van der Waals surface area contributed by atoms with Crippen molar-refractivity contribution in [2.24, 2.45) is 7.05 Å². The lowest BCUT2D eigenvalue weighted by atomic mass is 10.0. The summed E-state index contributed by atoms with van der Waals surface area (Å²) < 4.78 is 13.1. The fourth-order valence-electron chi connectivity index (χ4n) is 4.17. The van der Waals surface area contributed by atoms with Crippen LogP contribution in [0.4, 0.5) is 0 Å². The van der Waals surface area contributed by atoms with Crippen LogP contribution in [0.25, 0.3) is 22.0 Å². The first-order valence-electron chi connectivity index (χ1n) is 11.8. The number of aliphatic hydroxyl groups is 1.